The van der Waals surface area contributed by atoms with Crippen LogP contribution in [0.2, 0.25) is 5.15 Å². The Balaban J connectivity index is 0.00000267. The Kier molecular flexibility index (Phi) is 11.9. The van der Waals surface area contributed by atoms with Gasteiger partial charge >= 0.3 is 0 Å². The van der Waals surface area contributed by atoms with Crippen LogP contribution >= 0.6 is 36.4 Å². The van der Waals surface area contributed by atoms with Gasteiger partial charge in [-0.2, -0.15) is 0 Å². The van der Waals surface area contributed by atoms with Crippen molar-refractivity contribution in [1.82, 2.24) is 19.9 Å². The van der Waals surface area contributed by atoms with Crippen molar-refractivity contribution < 1.29 is 4.79 Å². The molecule has 204 valence electrons. The van der Waals surface area contributed by atoms with Gasteiger partial charge < -0.3 is 16.4 Å². The minimum absolute atomic E-state index is 0. The Morgan fingerprint density at radius 3 is 2.28 bits per heavy atom. The second kappa shape index (κ2) is 14.9. The average Bonchev–Trinajstić information content (AvgIpc) is 2.91. The number of pyridine rings is 1. The summed E-state index contributed by atoms with van der Waals surface area (Å²) < 4.78 is 1.33. The molecule has 0 radical (unpaired) electrons. The Labute approximate surface area is 243 Å². The Morgan fingerprint density at radius 2 is 1.67 bits per heavy atom. The van der Waals surface area contributed by atoms with Crippen LogP contribution in [-0.4, -0.2) is 32.8 Å². The normalized spacial score (nSPS) is 10.1. The minimum Gasteiger partial charge on any atom is -0.384 e. The Bertz CT molecular complexity index is 1450. The zero-order valence-corrected chi connectivity index (χ0v) is 23.2. The number of amides is 1. The maximum atomic E-state index is 13.4. The highest BCUT2D eigenvalue weighted by Crippen LogP contribution is 2.26. The maximum absolute atomic E-state index is 13.4. The number of nitrogens with two attached hydrogens (primary N) is 1. The van der Waals surface area contributed by atoms with Crippen molar-refractivity contribution in [3.05, 3.63) is 111 Å². The number of hydrogen-bond acceptors (Lipinski definition) is 6. The molecule has 0 aliphatic carbocycles. The molecule has 12 heteroatoms. The van der Waals surface area contributed by atoms with Crippen LogP contribution in [0, 0.1) is 5.41 Å². The molecule has 2 aromatic heterocycles. The molecule has 1 amide bonds. The van der Waals surface area contributed by atoms with Crippen molar-refractivity contribution in [3.63, 3.8) is 0 Å². The van der Waals surface area contributed by atoms with E-state index in [-0.39, 0.29) is 54.7 Å². The molecule has 9 nitrogen and oxygen atoms in total. The third kappa shape index (κ3) is 8.28. The second-order valence-electron chi connectivity index (χ2n) is 8.25. The van der Waals surface area contributed by atoms with Gasteiger partial charge in [0.05, 0.1) is 17.9 Å². The van der Waals surface area contributed by atoms with Gasteiger partial charge in [0.2, 0.25) is 5.91 Å². The first-order valence-electron chi connectivity index (χ1n) is 11.6. The number of benzene rings is 2. The van der Waals surface area contributed by atoms with Gasteiger partial charge in [-0.25, -0.2) is 4.98 Å². The van der Waals surface area contributed by atoms with Gasteiger partial charge in [0.25, 0.3) is 5.56 Å². The van der Waals surface area contributed by atoms with Crippen LogP contribution in [0.4, 0.5) is 5.82 Å². The van der Waals surface area contributed by atoms with E-state index < -0.39 is 11.5 Å². The summed E-state index contributed by atoms with van der Waals surface area (Å²) in [6.45, 7) is 0.360. The van der Waals surface area contributed by atoms with E-state index in [1.54, 1.807) is 24.3 Å². The summed E-state index contributed by atoms with van der Waals surface area (Å²) in [5, 5.41) is 13.4. The molecule has 2 heterocycles. The first-order valence-corrected chi connectivity index (χ1v) is 12.0. The van der Waals surface area contributed by atoms with E-state index in [4.69, 9.17) is 22.7 Å². The maximum Gasteiger partial charge on any atom is 0.294 e. The van der Waals surface area contributed by atoms with Crippen LogP contribution in [0.1, 0.15) is 16.8 Å². The van der Waals surface area contributed by atoms with E-state index in [1.165, 1.54) is 10.8 Å². The standard InChI is InChI=1S/C27H26ClN7O2.2ClH/c28-24-23(19-9-5-2-6-10-19)35(17-22(36)33-16-21-12-11-20(15-32-21)25(29)30)27(37)26(34-24)31-14-13-18-7-3-1-4-8-18;;/h1-12,15H,13-14,16-17H2,(H3,29,30)(H,31,34)(H,33,36);2*1H. The molecule has 0 saturated carbocycles. The van der Waals surface area contributed by atoms with Crippen LogP contribution in [0.25, 0.3) is 11.3 Å². The van der Waals surface area contributed by atoms with E-state index >= 15 is 0 Å². The highest BCUT2D eigenvalue weighted by Gasteiger charge is 2.19. The monoisotopic (exact) mass is 587 g/mol. The van der Waals surface area contributed by atoms with Crippen molar-refractivity contribution in [2.45, 2.75) is 19.5 Å². The van der Waals surface area contributed by atoms with E-state index in [0.29, 0.717) is 35.5 Å². The van der Waals surface area contributed by atoms with Crippen molar-refractivity contribution in [2.24, 2.45) is 5.73 Å². The number of rotatable bonds is 10. The summed E-state index contributed by atoms with van der Waals surface area (Å²) in [7, 11) is 0. The van der Waals surface area contributed by atoms with Crippen LogP contribution in [0.3, 0.4) is 0 Å². The molecule has 0 bridgehead atoms. The molecule has 39 heavy (non-hydrogen) atoms. The largest absolute Gasteiger partial charge is 0.384 e. The molecule has 0 atom stereocenters. The fraction of sp³-hybridized carbons (Fsp3) is 0.148. The SMILES string of the molecule is Cl.Cl.N=C(N)c1ccc(CNC(=O)Cn2c(-c3ccccc3)c(Cl)nc(NCCc3ccccc3)c2=O)nc1. The first-order chi connectivity index (χ1) is 17.9. The quantitative estimate of drug-likeness (QED) is 0.163. The topological polar surface area (TPSA) is 139 Å². The Morgan fingerprint density at radius 1 is 1.00 bits per heavy atom. The summed E-state index contributed by atoms with van der Waals surface area (Å²) >= 11 is 6.55. The highest BCUT2D eigenvalue weighted by molar-refractivity contribution is 6.32. The molecule has 0 aliphatic heterocycles. The lowest BCUT2D eigenvalue weighted by molar-refractivity contribution is -0.121. The summed E-state index contributed by atoms with van der Waals surface area (Å²) in [6, 6.07) is 22.3. The number of aromatic nitrogens is 3. The fourth-order valence-corrected chi connectivity index (χ4v) is 4.02. The van der Waals surface area contributed by atoms with Crippen molar-refractivity contribution in [2.75, 3.05) is 11.9 Å². The summed E-state index contributed by atoms with van der Waals surface area (Å²) in [5.41, 5.74) is 8.23. The molecule has 0 fully saturated rings. The van der Waals surface area contributed by atoms with Crippen molar-refractivity contribution >= 4 is 54.0 Å². The number of nitrogens with one attached hydrogen (secondary N) is 3. The van der Waals surface area contributed by atoms with Crippen LogP contribution in [0.15, 0.2) is 83.8 Å². The lowest BCUT2D eigenvalue weighted by Gasteiger charge is -2.16. The summed E-state index contributed by atoms with van der Waals surface area (Å²) in [6.07, 6.45) is 2.16. The van der Waals surface area contributed by atoms with Crippen molar-refractivity contribution in [1.29, 1.82) is 5.41 Å². The van der Waals surface area contributed by atoms with Crippen LogP contribution in [-0.2, 0) is 24.3 Å². The molecule has 4 rings (SSSR count). The molecule has 5 N–H and O–H groups in total. The van der Waals surface area contributed by atoms with Gasteiger partial charge in [-0.3, -0.25) is 24.5 Å². The lowest BCUT2D eigenvalue weighted by Crippen LogP contribution is -2.35. The van der Waals surface area contributed by atoms with Gasteiger partial charge in [0.1, 0.15) is 12.4 Å². The van der Waals surface area contributed by atoms with Gasteiger partial charge in [-0.05, 0) is 24.1 Å². The predicted molar refractivity (Wildman–Crippen MR) is 159 cm³/mol. The lowest BCUT2D eigenvalue weighted by atomic mass is 10.1. The van der Waals surface area contributed by atoms with E-state index in [2.05, 4.69) is 20.6 Å². The van der Waals surface area contributed by atoms with Crippen LogP contribution < -0.4 is 21.9 Å². The van der Waals surface area contributed by atoms with E-state index in [9.17, 15) is 9.59 Å². The molecule has 0 saturated heterocycles. The summed E-state index contributed by atoms with van der Waals surface area (Å²) in [4.78, 5) is 34.8. The molecule has 0 unspecified atom stereocenters. The molecule has 0 spiro atoms. The fourth-order valence-electron chi connectivity index (χ4n) is 3.72. The number of carbonyl (C=O) groups is 1. The third-order valence-electron chi connectivity index (χ3n) is 5.62. The Hall–Kier alpha value is -3.92. The zero-order chi connectivity index (χ0) is 26.2. The minimum atomic E-state index is -0.449. The van der Waals surface area contributed by atoms with Crippen molar-refractivity contribution in [3.8, 4) is 11.3 Å². The first kappa shape index (κ1) is 31.3. The molecule has 2 aromatic carbocycles. The zero-order valence-electron chi connectivity index (χ0n) is 20.8. The second-order valence-corrected chi connectivity index (χ2v) is 8.61. The number of halogens is 3. The smallest absolute Gasteiger partial charge is 0.294 e. The summed E-state index contributed by atoms with van der Waals surface area (Å²) in [5.74, 6) is -0.400. The van der Waals surface area contributed by atoms with Gasteiger partial charge in [0, 0.05) is 23.9 Å². The van der Waals surface area contributed by atoms with E-state index in [1.807, 2.05) is 48.5 Å². The van der Waals surface area contributed by atoms with Gasteiger partial charge in [0.15, 0.2) is 11.0 Å². The number of anilines is 1. The molecule has 0 aliphatic rings. The predicted octanol–water partition coefficient (Wildman–Crippen LogP) is 4.06. The molecular weight excluding hydrogens is 561 g/mol. The average molecular weight is 589 g/mol. The van der Waals surface area contributed by atoms with Gasteiger partial charge in [-0.1, -0.05) is 72.3 Å². The highest BCUT2D eigenvalue weighted by atomic mass is 35.5. The number of nitrogens with zero attached hydrogens (tertiary/aromatic N) is 3. The number of carbonyl (C=O) groups excluding carboxylic acids is 1. The van der Waals surface area contributed by atoms with Crippen LogP contribution in [0.5, 0.6) is 0 Å². The molecular formula is C27H28Cl3N7O2. The number of amidine groups is 1. The molecule has 4 aromatic rings. The van der Waals surface area contributed by atoms with E-state index in [0.717, 1.165) is 5.56 Å². The number of hydrogen-bond donors (Lipinski definition) is 4. The van der Waals surface area contributed by atoms with Gasteiger partial charge in [-0.15, -0.1) is 24.8 Å². The number of nitrogen functional groups attached to an aromatic ring is 1. The third-order valence-corrected chi connectivity index (χ3v) is 5.89.